The molecule has 2 aliphatic carbocycles. The Morgan fingerprint density at radius 3 is 2.69 bits per heavy atom. The number of likely N-dealkylation sites (tertiary alicyclic amines) is 1. The normalized spacial score (nSPS) is 19.3. The van der Waals surface area contributed by atoms with Gasteiger partial charge >= 0.3 is 0 Å². The molecule has 3 aromatic rings. The minimum Gasteiger partial charge on any atom is -0.493 e. The molecule has 9 heteroatoms. The number of aliphatic hydroxyl groups is 1. The Kier molecular flexibility index (Phi) is 5.67. The average molecular weight is 490 g/mol. The summed E-state index contributed by atoms with van der Waals surface area (Å²) in [7, 11) is 0. The van der Waals surface area contributed by atoms with E-state index in [4.69, 9.17) is 4.74 Å². The first-order valence-electron chi connectivity index (χ1n) is 12.8. The largest absolute Gasteiger partial charge is 0.493 e. The number of carbonyl (C=O) groups is 2. The Labute approximate surface area is 209 Å². The maximum absolute atomic E-state index is 13.2. The van der Waals surface area contributed by atoms with E-state index in [1.54, 1.807) is 11.1 Å². The summed E-state index contributed by atoms with van der Waals surface area (Å²) in [6.45, 7) is 3.79. The molecule has 36 heavy (non-hydrogen) atoms. The number of hydrogen-bond acceptors (Lipinski definition) is 6. The lowest BCUT2D eigenvalue weighted by molar-refractivity contribution is -0.143. The fourth-order valence-electron chi connectivity index (χ4n) is 4.88. The monoisotopic (exact) mass is 489 g/mol. The van der Waals surface area contributed by atoms with E-state index >= 15 is 0 Å². The highest BCUT2D eigenvalue weighted by molar-refractivity contribution is 6.08. The smallest absolute Gasteiger partial charge is 0.255 e. The van der Waals surface area contributed by atoms with Gasteiger partial charge in [0.25, 0.3) is 11.8 Å². The molecule has 1 aliphatic heterocycles. The van der Waals surface area contributed by atoms with Crippen LogP contribution in [0.3, 0.4) is 0 Å². The van der Waals surface area contributed by atoms with Crippen molar-refractivity contribution in [3.63, 3.8) is 0 Å². The highest BCUT2D eigenvalue weighted by atomic mass is 16.5. The first-order chi connectivity index (χ1) is 17.4. The maximum atomic E-state index is 13.2. The maximum Gasteiger partial charge on any atom is 0.255 e. The number of nitrogens with one attached hydrogen (secondary N) is 2. The summed E-state index contributed by atoms with van der Waals surface area (Å²) < 4.78 is 6.13. The minimum absolute atomic E-state index is 0.0409. The number of amides is 2. The molecule has 0 spiro atoms. The Balaban J connectivity index is 1.19. The molecule has 0 bridgehead atoms. The van der Waals surface area contributed by atoms with E-state index < -0.39 is 5.60 Å². The molecule has 3 aliphatic rings. The predicted molar refractivity (Wildman–Crippen MR) is 134 cm³/mol. The molecule has 1 saturated heterocycles. The molecule has 2 aromatic heterocycles. The van der Waals surface area contributed by atoms with Crippen LogP contribution in [0.25, 0.3) is 22.3 Å². The van der Waals surface area contributed by atoms with Crippen molar-refractivity contribution < 1.29 is 19.4 Å². The van der Waals surface area contributed by atoms with Gasteiger partial charge in [0.2, 0.25) is 0 Å². The number of aryl methyl sites for hydroxylation is 1. The zero-order chi connectivity index (χ0) is 24.9. The van der Waals surface area contributed by atoms with Gasteiger partial charge in [-0.1, -0.05) is 11.6 Å². The van der Waals surface area contributed by atoms with E-state index in [-0.39, 0.29) is 17.9 Å². The quantitative estimate of drug-likeness (QED) is 0.469. The lowest BCUT2D eigenvalue weighted by atomic mass is 10.0. The third kappa shape index (κ3) is 4.43. The number of hydrogen-bond donors (Lipinski definition) is 3. The van der Waals surface area contributed by atoms with Crippen molar-refractivity contribution >= 4 is 22.8 Å². The average Bonchev–Trinajstić information content (AvgIpc) is 3.81. The van der Waals surface area contributed by atoms with E-state index in [1.165, 1.54) is 19.2 Å². The zero-order valence-corrected chi connectivity index (χ0v) is 20.4. The van der Waals surface area contributed by atoms with Crippen molar-refractivity contribution in [2.75, 3.05) is 19.7 Å². The van der Waals surface area contributed by atoms with E-state index in [1.807, 2.05) is 19.1 Å². The summed E-state index contributed by atoms with van der Waals surface area (Å²) in [5.41, 5.74) is 3.27. The number of ether oxygens (including phenoxy) is 1. The highest BCUT2D eigenvalue weighted by Gasteiger charge is 2.50. The van der Waals surface area contributed by atoms with Crippen molar-refractivity contribution in [1.82, 2.24) is 25.2 Å². The molecular weight excluding hydrogens is 458 g/mol. The van der Waals surface area contributed by atoms with Gasteiger partial charge in [-0.3, -0.25) is 9.59 Å². The number of aromatic amines is 1. The molecule has 188 valence electrons. The second-order valence-electron chi connectivity index (χ2n) is 10.5. The van der Waals surface area contributed by atoms with Crippen molar-refractivity contribution in [3.8, 4) is 17.0 Å². The van der Waals surface area contributed by atoms with Crippen molar-refractivity contribution in [3.05, 3.63) is 41.9 Å². The zero-order valence-electron chi connectivity index (χ0n) is 20.4. The Bertz CT molecular complexity index is 1320. The number of carbonyl (C=O) groups excluding carboxylic acids is 2. The van der Waals surface area contributed by atoms with Gasteiger partial charge in [-0.05, 0) is 63.5 Å². The Hall–Kier alpha value is -3.46. The molecule has 0 atom stereocenters. The Morgan fingerprint density at radius 2 is 1.97 bits per heavy atom. The van der Waals surface area contributed by atoms with Crippen LogP contribution in [0.15, 0.2) is 30.7 Å². The van der Waals surface area contributed by atoms with E-state index in [0.29, 0.717) is 73.6 Å². The topological polar surface area (TPSA) is 120 Å². The van der Waals surface area contributed by atoms with Crippen LogP contribution in [0.5, 0.6) is 5.75 Å². The molecule has 2 amide bonds. The number of piperidine rings is 1. The number of aromatic nitrogens is 3. The first kappa shape index (κ1) is 23.0. The fourth-order valence-corrected chi connectivity index (χ4v) is 4.88. The molecule has 9 nitrogen and oxygen atoms in total. The standard InChI is InChI=1S/C27H31N5O4/c1-16-2-5-21(36-14-17-3-4-17)19(12-16)22-24-23(30-15-29-22)20(13-28-24)25(33)31-18-6-10-32(11-7-18)26(34)27(35)8-9-27/h2,5,12-13,15,17-18,28,35H,3-4,6-11,14H2,1H3,(H,31,33). The molecule has 3 fully saturated rings. The Morgan fingerprint density at radius 1 is 1.19 bits per heavy atom. The number of H-pyrrole nitrogens is 1. The molecule has 0 radical (unpaired) electrons. The van der Waals surface area contributed by atoms with Gasteiger partial charge in [-0.25, -0.2) is 9.97 Å². The van der Waals surface area contributed by atoms with Crippen LogP contribution in [0.1, 0.15) is 54.4 Å². The van der Waals surface area contributed by atoms with Crippen LogP contribution < -0.4 is 10.1 Å². The van der Waals surface area contributed by atoms with Gasteiger partial charge in [0.1, 0.15) is 28.9 Å². The first-order valence-corrected chi connectivity index (χ1v) is 12.8. The second kappa shape index (κ2) is 8.89. The van der Waals surface area contributed by atoms with Gasteiger partial charge in [0, 0.05) is 30.9 Å². The lowest BCUT2D eigenvalue weighted by Crippen LogP contribution is -2.49. The molecule has 0 unspecified atom stereocenters. The van der Waals surface area contributed by atoms with Gasteiger partial charge in [-0.15, -0.1) is 0 Å². The second-order valence-corrected chi connectivity index (χ2v) is 10.5. The van der Waals surface area contributed by atoms with E-state index in [0.717, 1.165) is 16.9 Å². The summed E-state index contributed by atoms with van der Waals surface area (Å²) >= 11 is 0. The predicted octanol–water partition coefficient (Wildman–Crippen LogP) is 2.97. The third-order valence-corrected chi connectivity index (χ3v) is 7.51. The molecule has 3 heterocycles. The van der Waals surface area contributed by atoms with Crippen LogP contribution in [-0.2, 0) is 4.79 Å². The van der Waals surface area contributed by atoms with Crippen molar-refractivity contribution in [2.45, 2.75) is 57.1 Å². The summed E-state index contributed by atoms with van der Waals surface area (Å²) in [6.07, 6.45) is 7.99. The molecule has 3 N–H and O–H groups in total. The molecule has 6 rings (SSSR count). The molecular formula is C27H31N5O4. The summed E-state index contributed by atoms with van der Waals surface area (Å²) in [4.78, 5) is 39.5. The number of fused-ring (bicyclic) bond motifs is 1. The number of benzene rings is 1. The highest BCUT2D eigenvalue weighted by Crippen LogP contribution is 2.38. The van der Waals surface area contributed by atoms with Gasteiger partial charge in [0.15, 0.2) is 0 Å². The minimum atomic E-state index is -1.14. The van der Waals surface area contributed by atoms with Gasteiger partial charge < -0.3 is 25.0 Å². The third-order valence-electron chi connectivity index (χ3n) is 7.51. The van der Waals surface area contributed by atoms with Crippen LogP contribution in [0.2, 0.25) is 0 Å². The van der Waals surface area contributed by atoms with Gasteiger partial charge in [0.05, 0.1) is 17.7 Å². The van der Waals surface area contributed by atoms with Crippen molar-refractivity contribution in [1.29, 1.82) is 0 Å². The van der Waals surface area contributed by atoms with Crippen LogP contribution in [0, 0.1) is 12.8 Å². The summed E-state index contributed by atoms with van der Waals surface area (Å²) in [5.74, 6) is 1.04. The van der Waals surface area contributed by atoms with Crippen LogP contribution in [-0.4, -0.2) is 68.1 Å². The van der Waals surface area contributed by atoms with E-state index in [2.05, 4.69) is 26.3 Å². The number of rotatable bonds is 7. The molecule has 1 aromatic carbocycles. The lowest BCUT2D eigenvalue weighted by Gasteiger charge is -2.33. The van der Waals surface area contributed by atoms with Crippen molar-refractivity contribution in [2.24, 2.45) is 5.92 Å². The summed E-state index contributed by atoms with van der Waals surface area (Å²) in [5, 5.41) is 13.2. The van der Waals surface area contributed by atoms with Crippen LogP contribution >= 0.6 is 0 Å². The number of nitrogens with zero attached hydrogens (tertiary/aromatic N) is 3. The fraction of sp³-hybridized carbons (Fsp3) is 0.481. The van der Waals surface area contributed by atoms with Gasteiger partial charge in [-0.2, -0.15) is 0 Å². The molecule has 2 saturated carbocycles. The SMILES string of the molecule is Cc1ccc(OCC2CC2)c(-c2ncnc3c(C(=O)NC4CCN(C(=O)C5(O)CC5)CC4)c[nH]c23)c1. The van der Waals surface area contributed by atoms with Crippen LogP contribution in [0.4, 0.5) is 0 Å². The summed E-state index contributed by atoms with van der Waals surface area (Å²) in [6, 6.07) is 6.02. The van der Waals surface area contributed by atoms with E-state index in [9.17, 15) is 14.7 Å².